The molecule has 8 heteroatoms. The molecule has 0 saturated heterocycles. The molecule has 1 amide bonds. The van der Waals surface area contributed by atoms with Crippen molar-refractivity contribution in [2.24, 2.45) is 0 Å². The minimum absolute atomic E-state index is 0.0153. The van der Waals surface area contributed by atoms with E-state index in [1.165, 1.54) is 18.2 Å². The van der Waals surface area contributed by atoms with Gasteiger partial charge in [0.15, 0.2) is 0 Å². The van der Waals surface area contributed by atoms with Gasteiger partial charge in [-0.2, -0.15) is 5.10 Å². The van der Waals surface area contributed by atoms with E-state index in [0.29, 0.717) is 11.3 Å². The van der Waals surface area contributed by atoms with Gasteiger partial charge in [-0.05, 0) is 42.5 Å². The number of hydrogen-bond acceptors (Lipinski definition) is 4. The predicted octanol–water partition coefficient (Wildman–Crippen LogP) is 3.69. The van der Waals surface area contributed by atoms with E-state index in [1.54, 1.807) is 47.4 Å². The second kappa shape index (κ2) is 6.51. The summed E-state index contributed by atoms with van der Waals surface area (Å²) in [5.74, 6) is -0.376. The maximum atomic E-state index is 12.2. The average Bonchev–Trinajstić information content (AvgIpc) is 3.11. The first kappa shape index (κ1) is 15.7. The highest BCUT2D eigenvalue weighted by Crippen LogP contribution is 2.27. The van der Waals surface area contributed by atoms with Crippen molar-refractivity contribution in [2.45, 2.75) is 0 Å². The Bertz CT molecular complexity index is 892. The Kier molecular flexibility index (Phi) is 4.26. The Balaban J connectivity index is 1.78. The van der Waals surface area contributed by atoms with Crippen LogP contribution in [0.4, 0.5) is 11.4 Å². The topological polar surface area (TPSA) is 90.1 Å². The molecule has 1 aromatic heterocycles. The van der Waals surface area contributed by atoms with E-state index in [1.807, 2.05) is 0 Å². The fourth-order valence-corrected chi connectivity index (χ4v) is 2.31. The maximum Gasteiger partial charge on any atom is 0.289 e. The highest BCUT2D eigenvalue weighted by atomic mass is 35.5. The molecule has 24 heavy (non-hydrogen) atoms. The van der Waals surface area contributed by atoms with Gasteiger partial charge < -0.3 is 5.32 Å². The van der Waals surface area contributed by atoms with E-state index in [2.05, 4.69) is 10.4 Å². The minimum atomic E-state index is -0.600. The van der Waals surface area contributed by atoms with E-state index in [9.17, 15) is 14.9 Å². The van der Waals surface area contributed by atoms with Gasteiger partial charge in [-0.15, -0.1) is 0 Å². The standard InChI is InChI=1S/C16H11ClN4O3/c17-14-7-4-12(10-15(14)21(23)24)19-16(22)11-2-5-13(6-3-11)20-9-1-8-18-20/h1-10H,(H,19,22). The molecule has 0 aliphatic carbocycles. The lowest BCUT2D eigenvalue weighted by atomic mass is 10.2. The first-order chi connectivity index (χ1) is 11.5. The molecule has 0 spiro atoms. The van der Waals surface area contributed by atoms with Gasteiger partial charge in [-0.25, -0.2) is 4.68 Å². The van der Waals surface area contributed by atoms with E-state index in [0.717, 1.165) is 5.69 Å². The van der Waals surface area contributed by atoms with Crippen LogP contribution in [0.1, 0.15) is 10.4 Å². The lowest BCUT2D eigenvalue weighted by Crippen LogP contribution is -2.12. The number of carbonyl (C=O) groups excluding carboxylic acids is 1. The van der Waals surface area contributed by atoms with Crippen molar-refractivity contribution in [3.8, 4) is 5.69 Å². The second-order valence-corrected chi connectivity index (χ2v) is 5.28. The number of nitrogens with one attached hydrogen (secondary N) is 1. The van der Waals surface area contributed by atoms with Gasteiger partial charge in [-0.1, -0.05) is 11.6 Å². The molecule has 1 heterocycles. The van der Waals surface area contributed by atoms with E-state index >= 15 is 0 Å². The fraction of sp³-hybridized carbons (Fsp3) is 0. The summed E-state index contributed by atoms with van der Waals surface area (Å²) in [4.78, 5) is 22.5. The van der Waals surface area contributed by atoms with Crippen molar-refractivity contribution < 1.29 is 9.72 Å². The third-order valence-electron chi connectivity index (χ3n) is 3.30. The van der Waals surface area contributed by atoms with E-state index in [4.69, 9.17) is 11.6 Å². The zero-order valence-electron chi connectivity index (χ0n) is 12.2. The molecule has 0 aliphatic rings. The Morgan fingerprint density at radius 3 is 2.58 bits per heavy atom. The van der Waals surface area contributed by atoms with Crippen LogP contribution in [0.25, 0.3) is 5.69 Å². The van der Waals surface area contributed by atoms with Crippen LogP contribution in [0, 0.1) is 10.1 Å². The van der Waals surface area contributed by atoms with Crippen molar-refractivity contribution in [3.63, 3.8) is 0 Å². The van der Waals surface area contributed by atoms with Gasteiger partial charge in [-0.3, -0.25) is 14.9 Å². The van der Waals surface area contributed by atoms with Gasteiger partial charge in [0, 0.05) is 29.7 Å². The van der Waals surface area contributed by atoms with Crippen LogP contribution in [-0.4, -0.2) is 20.6 Å². The summed E-state index contributed by atoms with van der Waals surface area (Å²) in [6.45, 7) is 0. The summed E-state index contributed by atoms with van der Waals surface area (Å²) in [5.41, 5.74) is 1.28. The molecule has 7 nitrogen and oxygen atoms in total. The van der Waals surface area contributed by atoms with E-state index in [-0.39, 0.29) is 16.6 Å². The van der Waals surface area contributed by atoms with Crippen molar-refractivity contribution in [3.05, 3.63) is 81.6 Å². The van der Waals surface area contributed by atoms with Gasteiger partial charge in [0.25, 0.3) is 11.6 Å². The summed E-state index contributed by atoms with van der Waals surface area (Å²) in [5, 5.41) is 17.6. The normalized spacial score (nSPS) is 10.4. The number of anilines is 1. The Morgan fingerprint density at radius 2 is 1.96 bits per heavy atom. The van der Waals surface area contributed by atoms with Crippen LogP contribution in [0.3, 0.4) is 0 Å². The molecule has 0 radical (unpaired) electrons. The lowest BCUT2D eigenvalue weighted by Gasteiger charge is -2.07. The zero-order valence-corrected chi connectivity index (χ0v) is 13.0. The summed E-state index contributed by atoms with van der Waals surface area (Å²) in [6, 6.07) is 12.7. The molecule has 1 N–H and O–H groups in total. The SMILES string of the molecule is O=C(Nc1ccc(Cl)c([N+](=O)[O-])c1)c1ccc(-n2cccn2)cc1. The first-order valence-corrected chi connectivity index (χ1v) is 7.28. The number of aromatic nitrogens is 2. The van der Waals surface area contributed by atoms with E-state index < -0.39 is 4.92 Å². The van der Waals surface area contributed by atoms with Crippen molar-refractivity contribution in [2.75, 3.05) is 5.32 Å². The molecular weight excluding hydrogens is 332 g/mol. The molecule has 3 aromatic rings. The Hall–Kier alpha value is -3.19. The first-order valence-electron chi connectivity index (χ1n) is 6.90. The number of nitro benzene ring substituents is 1. The molecule has 0 fully saturated rings. The number of amides is 1. The summed E-state index contributed by atoms with van der Waals surface area (Å²) in [7, 11) is 0. The minimum Gasteiger partial charge on any atom is -0.322 e. The van der Waals surface area contributed by atoms with Gasteiger partial charge in [0.05, 0.1) is 10.6 Å². The number of carbonyl (C=O) groups is 1. The molecule has 0 aliphatic heterocycles. The highest BCUT2D eigenvalue weighted by molar-refractivity contribution is 6.32. The zero-order chi connectivity index (χ0) is 17.1. The molecule has 0 saturated carbocycles. The Labute approximate surface area is 141 Å². The van der Waals surface area contributed by atoms with Crippen LogP contribution in [0.15, 0.2) is 60.9 Å². The monoisotopic (exact) mass is 342 g/mol. The molecule has 2 aromatic carbocycles. The number of halogens is 1. The van der Waals surface area contributed by atoms with Crippen LogP contribution < -0.4 is 5.32 Å². The number of nitro groups is 1. The smallest absolute Gasteiger partial charge is 0.289 e. The molecule has 3 rings (SSSR count). The van der Waals surface area contributed by atoms with Crippen molar-refractivity contribution in [1.29, 1.82) is 0 Å². The molecule has 0 atom stereocenters. The van der Waals surface area contributed by atoms with Gasteiger partial charge in [0.1, 0.15) is 5.02 Å². The predicted molar refractivity (Wildman–Crippen MR) is 89.6 cm³/mol. The molecular formula is C16H11ClN4O3. The number of benzene rings is 2. The lowest BCUT2D eigenvalue weighted by molar-refractivity contribution is -0.384. The van der Waals surface area contributed by atoms with Gasteiger partial charge >= 0.3 is 0 Å². The highest BCUT2D eigenvalue weighted by Gasteiger charge is 2.14. The van der Waals surface area contributed by atoms with Crippen molar-refractivity contribution >= 4 is 28.9 Å². The van der Waals surface area contributed by atoms with Crippen molar-refractivity contribution in [1.82, 2.24) is 9.78 Å². The van der Waals surface area contributed by atoms with Crippen LogP contribution in [0.5, 0.6) is 0 Å². The van der Waals surface area contributed by atoms with Crippen LogP contribution >= 0.6 is 11.6 Å². The van der Waals surface area contributed by atoms with Crippen LogP contribution in [-0.2, 0) is 0 Å². The van der Waals surface area contributed by atoms with Gasteiger partial charge in [0.2, 0.25) is 0 Å². The summed E-state index contributed by atoms with van der Waals surface area (Å²) < 4.78 is 1.67. The largest absolute Gasteiger partial charge is 0.322 e. The molecule has 120 valence electrons. The Morgan fingerprint density at radius 1 is 1.21 bits per heavy atom. The maximum absolute atomic E-state index is 12.2. The fourth-order valence-electron chi connectivity index (χ4n) is 2.12. The molecule has 0 bridgehead atoms. The quantitative estimate of drug-likeness (QED) is 0.578. The number of nitrogens with zero attached hydrogens (tertiary/aromatic N) is 3. The number of rotatable bonds is 4. The average molecular weight is 343 g/mol. The number of hydrogen-bond donors (Lipinski definition) is 1. The second-order valence-electron chi connectivity index (χ2n) is 4.87. The molecule has 0 unspecified atom stereocenters. The summed E-state index contributed by atoms with van der Waals surface area (Å²) in [6.07, 6.45) is 3.45. The third-order valence-corrected chi connectivity index (χ3v) is 3.62. The summed E-state index contributed by atoms with van der Waals surface area (Å²) >= 11 is 5.75. The third kappa shape index (κ3) is 3.26. The van der Waals surface area contributed by atoms with Crippen LogP contribution in [0.2, 0.25) is 5.02 Å².